The Bertz CT molecular complexity index is 887. The van der Waals surface area contributed by atoms with Crippen molar-refractivity contribution in [2.24, 2.45) is 11.8 Å². The lowest BCUT2D eigenvalue weighted by Crippen LogP contribution is -2.46. The summed E-state index contributed by atoms with van der Waals surface area (Å²) in [7, 11) is 0. The number of rotatable bonds is 9. The molecule has 1 aromatic carbocycles. The van der Waals surface area contributed by atoms with Crippen LogP contribution in [0, 0.1) is 24.6 Å². The van der Waals surface area contributed by atoms with Crippen molar-refractivity contribution in [1.82, 2.24) is 9.80 Å². The summed E-state index contributed by atoms with van der Waals surface area (Å²) in [5, 5.41) is 2.03. The molecule has 1 heterocycles. The number of aryl methyl sites for hydroxylation is 1. The summed E-state index contributed by atoms with van der Waals surface area (Å²) in [5.41, 5.74) is 2.03. The second-order valence-electron chi connectivity index (χ2n) is 9.35. The van der Waals surface area contributed by atoms with E-state index < -0.39 is 0 Å². The van der Waals surface area contributed by atoms with Crippen LogP contribution in [0.2, 0.25) is 0 Å². The molecule has 4 nitrogen and oxygen atoms in total. The summed E-state index contributed by atoms with van der Waals surface area (Å²) in [6.07, 6.45) is 5.23. The second-order valence-corrected chi connectivity index (χ2v) is 10.4. The first-order chi connectivity index (χ1) is 15.3. The first-order valence-corrected chi connectivity index (χ1v) is 12.6. The minimum atomic E-state index is -0.290. The molecule has 1 saturated carbocycles. The Morgan fingerprint density at radius 3 is 2.31 bits per heavy atom. The third-order valence-corrected chi connectivity index (χ3v) is 7.13. The van der Waals surface area contributed by atoms with Gasteiger partial charge in [-0.15, -0.1) is 11.3 Å². The lowest BCUT2D eigenvalue weighted by atomic mass is 9.88. The van der Waals surface area contributed by atoms with Crippen molar-refractivity contribution in [2.75, 3.05) is 13.1 Å². The number of carbonyl (C=O) groups is 2. The van der Waals surface area contributed by atoms with E-state index in [-0.39, 0.29) is 30.1 Å². The molecule has 0 saturated heterocycles. The summed E-state index contributed by atoms with van der Waals surface area (Å²) in [5.74, 6) is 0.107. The zero-order valence-corrected chi connectivity index (χ0v) is 20.3. The highest BCUT2D eigenvalue weighted by atomic mass is 32.1. The van der Waals surface area contributed by atoms with Crippen LogP contribution in [0.3, 0.4) is 0 Å². The van der Waals surface area contributed by atoms with E-state index in [4.69, 9.17) is 0 Å². The van der Waals surface area contributed by atoms with Gasteiger partial charge in [0, 0.05) is 23.9 Å². The quantitative estimate of drug-likeness (QED) is 0.477. The minimum Gasteiger partial charge on any atom is -0.333 e. The molecule has 6 heteroatoms. The average Bonchev–Trinajstić information content (AvgIpc) is 3.18. The number of hydrogen-bond donors (Lipinski definition) is 0. The Hall–Kier alpha value is -2.21. The molecule has 0 radical (unpaired) electrons. The van der Waals surface area contributed by atoms with Gasteiger partial charge in [0.2, 0.25) is 11.8 Å². The van der Waals surface area contributed by atoms with E-state index in [1.165, 1.54) is 18.6 Å². The van der Waals surface area contributed by atoms with Crippen LogP contribution in [0.15, 0.2) is 35.7 Å². The molecule has 0 aliphatic heterocycles. The smallest absolute Gasteiger partial charge is 0.242 e. The predicted octanol–water partition coefficient (Wildman–Crippen LogP) is 5.79. The predicted molar refractivity (Wildman–Crippen MR) is 128 cm³/mol. The third kappa shape index (κ3) is 6.89. The maximum atomic E-state index is 13.5. The number of hydrogen-bond acceptors (Lipinski definition) is 3. The van der Waals surface area contributed by atoms with Crippen LogP contribution in [0.25, 0.3) is 0 Å². The van der Waals surface area contributed by atoms with E-state index in [1.54, 1.807) is 33.3 Å². The van der Waals surface area contributed by atoms with Crippen LogP contribution >= 0.6 is 11.3 Å². The lowest BCUT2D eigenvalue weighted by Gasteiger charge is -2.32. The molecular formula is C26H35FN2O2S. The molecule has 1 aliphatic rings. The normalized spacial score (nSPS) is 14.5. The first kappa shape index (κ1) is 24.4. The summed E-state index contributed by atoms with van der Waals surface area (Å²) >= 11 is 1.63. The molecular weight excluding hydrogens is 423 g/mol. The maximum Gasteiger partial charge on any atom is 0.242 e. The first-order valence-electron chi connectivity index (χ1n) is 11.7. The fourth-order valence-electron chi connectivity index (χ4n) is 4.33. The summed E-state index contributed by atoms with van der Waals surface area (Å²) in [4.78, 5) is 31.5. The number of thiophene rings is 1. The molecule has 0 spiro atoms. The van der Waals surface area contributed by atoms with Crippen molar-refractivity contribution in [3.8, 4) is 0 Å². The van der Waals surface area contributed by atoms with Gasteiger partial charge in [-0.3, -0.25) is 9.59 Å². The van der Waals surface area contributed by atoms with Crippen LogP contribution in [0.4, 0.5) is 4.39 Å². The third-order valence-electron chi connectivity index (χ3n) is 6.12. The number of carbonyl (C=O) groups excluding carboxylic acids is 2. The van der Waals surface area contributed by atoms with Crippen molar-refractivity contribution in [1.29, 1.82) is 0 Å². The van der Waals surface area contributed by atoms with Gasteiger partial charge in [-0.2, -0.15) is 0 Å². The van der Waals surface area contributed by atoms with Crippen molar-refractivity contribution < 1.29 is 14.0 Å². The van der Waals surface area contributed by atoms with E-state index in [9.17, 15) is 14.0 Å². The van der Waals surface area contributed by atoms with E-state index in [0.717, 1.165) is 41.7 Å². The van der Waals surface area contributed by atoms with Crippen molar-refractivity contribution in [3.63, 3.8) is 0 Å². The highest BCUT2D eigenvalue weighted by Gasteiger charge is 2.29. The number of nitrogens with zero attached hydrogens (tertiary/aromatic N) is 2. The van der Waals surface area contributed by atoms with Crippen LogP contribution in [0.1, 0.15) is 62.0 Å². The molecule has 2 amide bonds. The molecule has 32 heavy (non-hydrogen) atoms. The fourth-order valence-corrected chi connectivity index (χ4v) is 5.25. The highest BCUT2D eigenvalue weighted by Crippen LogP contribution is 2.26. The molecule has 3 rings (SSSR count). The second kappa shape index (κ2) is 11.6. The van der Waals surface area contributed by atoms with Crippen LogP contribution in [0.5, 0.6) is 0 Å². The van der Waals surface area contributed by atoms with Gasteiger partial charge in [0.1, 0.15) is 5.82 Å². The molecule has 0 atom stereocenters. The number of halogens is 1. The van der Waals surface area contributed by atoms with Gasteiger partial charge in [-0.1, -0.05) is 45.2 Å². The van der Waals surface area contributed by atoms with Crippen LogP contribution < -0.4 is 0 Å². The van der Waals surface area contributed by atoms with E-state index in [2.05, 4.69) is 19.9 Å². The largest absolute Gasteiger partial charge is 0.333 e. The number of benzene rings is 1. The zero-order valence-electron chi connectivity index (χ0n) is 19.5. The number of amides is 2. The zero-order chi connectivity index (χ0) is 23.1. The van der Waals surface area contributed by atoms with E-state index >= 15 is 0 Å². The molecule has 0 unspecified atom stereocenters. The molecule has 174 valence electrons. The van der Waals surface area contributed by atoms with E-state index in [1.807, 2.05) is 12.3 Å². The molecule has 2 aromatic rings. The standard InChI is InChI=1S/C26H35FN2O2S/c1-19(2)15-29(26(31)22-7-5-4-6-8-22)18-25(30)28(17-24-20(3)13-14-32-24)16-21-9-11-23(27)12-10-21/h9-14,19,22H,4-8,15-18H2,1-3H3. The van der Waals surface area contributed by atoms with Crippen molar-refractivity contribution >= 4 is 23.2 Å². The van der Waals surface area contributed by atoms with E-state index in [0.29, 0.717) is 25.6 Å². The Kier molecular flexibility index (Phi) is 8.85. The Labute approximate surface area is 195 Å². The van der Waals surface area contributed by atoms with Gasteiger partial charge < -0.3 is 9.80 Å². The monoisotopic (exact) mass is 458 g/mol. The van der Waals surface area contributed by atoms with Gasteiger partial charge in [-0.25, -0.2) is 4.39 Å². The Morgan fingerprint density at radius 2 is 1.72 bits per heavy atom. The van der Waals surface area contributed by atoms with Crippen molar-refractivity contribution in [2.45, 2.75) is 66.0 Å². The van der Waals surface area contributed by atoms with Crippen molar-refractivity contribution in [3.05, 3.63) is 57.5 Å². The van der Waals surface area contributed by atoms with Gasteiger partial charge in [0.25, 0.3) is 0 Å². The SMILES string of the molecule is Cc1ccsc1CN(Cc1ccc(F)cc1)C(=O)CN(CC(C)C)C(=O)C1CCCCC1. The lowest BCUT2D eigenvalue weighted by molar-refractivity contribution is -0.144. The average molecular weight is 459 g/mol. The summed E-state index contributed by atoms with van der Waals surface area (Å²) in [6.45, 7) is 7.77. The van der Waals surface area contributed by atoms with Gasteiger partial charge >= 0.3 is 0 Å². The summed E-state index contributed by atoms with van der Waals surface area (Å²) in [6, 6.07) is 8.34. The van der Waals surface area contributed by atoms with Gasteiger partial charge in [0.15, 0.2) is 0 Å². The fraction of sp³-hybridized carbons (Fsp3) is 0.538. The molecule has 0 N–H and O–H groups in total. The van der Waals surface area contributed by atoms with Crippen LogP contribution in [-0.4, -0.2) is 34.7 Å². The Balaban J connectivity index is 1.77. The minimum absolute atomic E-state index is 0.0420. The highest BCUT2D eigenvalue weighted by molar-refractivity contribution is 7.10. The Morgan fingerprint density at radius 1 is 1.03 bits per heavy atom. The molecule has 1 aromatic heterocycles. The summed E-state index contributed by atoms with van der Waals surface area (Å²) < 4.78 is 13.4. The van der Waals surface area contributed by atoms with Gasteiger partial charge in [-0.05, 0) is 60.4 Å². The maximum absolute atomic E-state index is 13.5. The topological polar surface area (TPSA) is 40.6 Å². The molecule has 1 fully saturated rings. The molecule has 0 bridgehead atoms. The van der Waals surface area contributed by atoms with Crippen LogP contribution in [-0.2, 0) is 22.7 Å². The molecule has 1 aliphatic carbocycles. The van der Waals surface area contributed by atoms with Gasteiger partial charge in [0.05, 0.1) is 13.1 Å².